The highest BCUT2D eigenvalue weighted by Gasteiger charge is 2.20. The van der Waals surface area contributed by atoms with Crippen LogP contribution >= 0.6 is 11.3 Å². The normalized spacial score (nSPS) is 10.7. The Morgan fingerprint density at radius 2 is 1.81 bits per heavy atom. The lowest BCUT2D eigenvalue weighted by atomic mass is 10.2. The van der Waals surface area contributed by atoms with Gasteiger partial charge in [-0.3, -0.25) is 9.78 Å². The number of aromatic nitrogens is 1. The number of pyridine rings is 1. The number of urea groups is 1. The second kappa shape index (κ2) is 8.60. The topological polar surface area (TPSA) is 106 Å². The minimum atomic E-state index is -0.814. The molecule has 0 spiro atoms. The third-order valence-electron chi connectivity index (χ3n) is 4.41. The van der Waals surface area contributed by atoms with E-state index in [1.165, 1.54) is 30.5 Å². The summed E-state index contributed by atoms with van der Waals surface area (Å²) in [7, 11) is 0. The Morgan fingerprint density at radius 1 is 1.03 bits per heavy atom. The van der Waals surface area contributed by atoms with Gasteiger partial charge in [0, 0.05) is 12.3 Å². The largest absolute Gasteiger partial charge is 0.453 e. The molecule has 0 fully saturated rings. The molecule has 4 rings (SSSR count). The van der Waals surface area contributed by atoms with Crippen molar-refractivity contribution in [2.24, 2.45) is 5.73 Å². The molecule has 0 saturated heterocycles. The average molecular weight is 454 g/mol. The lowest BCUT2D eigenvalue weighted by Crippen LogP contribution is -2.20. The number of halogens is 2. The van der Waals surface area contributed by atoms with E-state index < -0.39 is 23.6 Å². The van der Waals surface area contributed by atoms with Crippen LogP contribution in [0.2, 0.25) is 0 Å². The van der Waals surface area contributed by atoms with Crippen molar-refractivity contribution in [1.29, 1.82) is 0 Å². The van der Waals surface area contributed by atoms with Crippen molar-refractivity contribution in [1.82, 2.24) is 4.98 Å². The quantitative estimate of drug-likeness (QED) is 0.374. The van der Waals surface area contributed by atoms with Crippen LogP contribution in [0.25, 0.3) is 10.2 Å². The summed E-state index contributed by atoms with van der Waals surface area (Å²) in [4.78, 5) is 28.3. The van der Waals surface area contributed by atoms with Crippen LogP contribution < -0.4 is 21.1 Å². The highest BCUT2D eigenvalue weighted by Crippen LogP contribution is 2.39. The maximum Gasteiger partial charge on any atom is 0.323 e. The van der Waals surface area contributed by atoms with E-state index in [1.807, 2.05) is 0 Å². The van der Waals surface area contributed by atoms with Crippen LogP contribution in [0.1, 0.15) is 15.2 Å². The number of carbonyl (C=O) groups is 2. The first-order valence-corrected chi connectivity index (χ1v) is 10.1. The van der Waals surface area contributed by atoms with Gasteiger partial charge in [0.2, 0.25) is 0 Å². The number of aryl methyl sites for hydroxylation is 1. The first kappa shape index (κ1) is 21.2. The monoisotopic (exact) mass is 454 g/mol. The number of hydrogen-bond acceptors (Lipinski definition) is 5. The summed E-state index contributed by atoms with van der Waals surface area (Å²) in [6, 6.07) is 10.6. The van der Waals surface area contributed by atoms with Crippen molar-refractivity contribution in [2.45, 2.75) is 6.92 Å². The summed E-state index contributed by atoms with van der Waals surface area (Å²) in [6.07, 6.45) is 1.54. The Morgan fingerprint density at radius 3 is 2.56 bits per heavy atom. The van der Waals surface area contributed by atoms with E-state index in [0.29, 0.717) is 10.2 Å². The molecule has 2 aromatic carbocycles. The molecular weight excluding hydrogens is 438 g/mol. The van der Waals surface area contributed by atoms with Gasteiger partial charge in [-0.25, -0.2) is 13.6 Å². The molecule has 2 aromatic heterocycles. The van der Waals surface area contributed by atoms with Gasteiger partial charge in [-0.05, 0) is 48.9 Å². The van der Waals surface area contributed by atoms with Crippen molar-refractivity contribution in [3.63, 3.8) is 0 Å². The van der Waals surface area contributed by atoms with Gasteiger partial charge < -0.3 is 21.1 Å². The number of nitrogens with one attached hydrogen (secondary N) is 2. The summed E-state index contributed by atoms with van der Waals surface area (Å²) in [5.74, 6) is -1.90. The van der Waals surface area contributed by atoms with Crippen LogP contribution in [0.4, 0.5) is 25.0 Å². The molecule has 10 heteroatoms. The Bertz CT molecular complexity index is 1360. The van der Waals surface area contributed by atoms with Crippen LogP contribution in [0.15, 0.2) is 54.7 Å². The maximum absolute atomic E-state index is 14.6. The third-order valence-corrected chi connectivity index (χ3v) is 5.55. The fourth-order valence-electron chi connectivity index (χ4n) is 2.95. The molecule has 3 amide bonds. The molecule has 32 heavy (non-hydrogen) atoms. The molecule has 7 nitrogen and oxygen atoms in total. The fourth-order valence-corrected chi connectivity index (χ4v) is 3.89. The first-order valence-electron chi connectivity index (χ1n) is 9.30. The zero-order valence-corrected chi connectivity index (χ0v) is 17.4. The number of rotatable bonds is 5. The van der Waals surface area contributed by atoms with Crippen LogP contribution in [0.3, 0.4) is 0 Å². The predicted molar refractivity (Wildman–Crippen MR) is 118 cm³/mol. The Balaban J connectivity index is 1.54. The number of nitrogens with zero attached hydrogens (tertiary/aromatic N) is 1. The van der Waals surface area contributed by atoms with E-state index in [2.05, 4.69) is 15.6 Å². The number of thiophene rings is 1. The van der Waals surface area contributed by atoms with Gasteiger partial charge >= 0.3 is 6.03 Å². The van der Waals surface area contributed by atoms with E-state index >= 15 is 0 Å². The summed E-state index contributed by atoms with van der Waals surface area (Å²) in [5.41, 5.74) is 6.43. The second-order valence-corrected chi connectivity index (χ2v) is 7.83. The molecule has 0 radical (unpaired) electrons. The number of carbonyl (C=O) groups excluding carboxylic acids is 2. The standard InChI is InChI=1S/C22H16F2N4O3S/c1-11-4-6-13(23)16(9-11)28-22(30)27-15-7-5-12(10-14(15)24)31-19-18-17(3-2-8-26-18)32-20(19)21(25)29/h2-10H,1H3,(H2,25,29)(H2,27,28,30). The van der Waals surface area contributed by atoms with Gasteiger partial charge in [0.05, 0.1) is 16.1 Å². The van der Waals surface area contributed by atoms with Crippen LogP contribution in [-0.4, -0.2) is 16.9 Å². The minimum absolute atomic E-state index is 0.0290. The minimum Gasteiger partial charge on any atom is -0.453 e. The van der Waals surface area contributed by atoms with Gasteiger partial charge in [-0.2, -0.15) is 0 Å². The predicted octanol–water partition coefficient (Wildman–Crippen LogP) is 5.42. The van der Waals surface area contributed by atoms with Crippen molar-refractivity contribution >= 4 is 44.9 Å². The van der Waals surface area contributed by atoms with Gasteiger partial charge in [-0.15, -0.1) is 11.3 Å². The first-order chi connectivity index (χ1) is 15.3. The molecule has 2 heterocycles. The molecule has 0 saturated carbocycles. The van der Waals surface area contributed by atoms with Crippen LogP contribution in [0, 0.1) is 18.6 Å². The van der Waals surface area contributed by atoms with Crippen molar-refractivity contribution < 1.29 is 23.1 Å². The number of fused-ring (bicyclic) bond motifs is 1. The lowest BCUT2D eigenvalue weighted by molar-refractivity contribution is 0.100. The SMILES string of the molecule is Cc1ccc(F)c(NC(=O)Nc2ccc(Oc3c(C(N)=O)sc4cccnc34)cc2F)c1. The number of primary amides is 1. The third kappa shape index (κ3) is 4.35. The average Bonchev–Trinajstić information content (AvgIpc) is 3.11. The van der Waals surface area contributed by atoms with Crippen LogP contribution in [-0.2, 0) is 0 Å². The number of benzene rings is 2. The van der Waals surface area contributed by atoms with Gasteiger partial charge in [0.1, 0.15) is 27.8 Å². The lowest BCUT2D eigenvalue weighted by Gasteiger charge is -2.11. The fraction of sp³-hybridized carbons (Fsp3) is 0.0455. The molecule has 0 bridgehead atoms. The molecule has 0 aliphatic rings. The number of hydrogen-bond donors (Lipinski definition) is 3. The Labute approximate surface area is 184 Å². The summed E-state index contributed by atoms with van der Waals surface area (Å²) < 4.78 is 34.8. The number of nitrogens with two attached hydrogens (primary N) is 1. The maximum atomic E-state index is 14.6. The molecular formula is C22H16F2N4O3S. The van der Waals surface area contributed by atoms with E-state index in [9.17, 15) is 18.4 Å². The summed E-state index contributed by atoms with van der Waals surface area (Å²) >= 11 is 1.12. The van der Waals surface area contributed by atoms with E-state index in [-0.39, 0.29) is 27.8 Å². The Hall–Kier alpha value is -4.05. The number of ether oxygens (including phenoxy) is 1. The van der Waals surface area contributed by atoms with Gasteiger partial charge in [-0.1, -0.05) is 6.07 Å². The molecule has 162 valence electrons. The van der Waals surface area contributed by atoms with E-state index in [0.717, 1.165) is 23.0 Å². The molecule has 4 N–H and O–H groups in total. The van der Waals surface area contributed by atoms with Gasteiger partial charge in [0.15, 0.2) is 5.75 Å². The van der Waals surface area contributed by atoms with Gasteiger partial charge in [0.25, 0.3) is 5.91 Å². The highest BCUT2D eigenvalue weighted by atomic mass is 32.1. The molecule has 4 aromatic rings. The second-order valence-electron chi connectivity index (χ2n) is 6.78. The molecule has 0 aliphatic heterocycles. The van der Waals surface area contributed by atoms with Crippen LogP contribution in [0.5, 0.6) is 11.5 Å². The van der Waals surface area contributed by atoms with E-state index in [4.69, 9.17) is 10.5 Å². The molecule has 0 atom stereocenters. The molecule has 0 aliphatic carbocycles. The summed E-state index contributed by atoms with van der Waals surface area (Å²) in [5, 5.41) is 4.66. The zero-order chi connectivity index (χ0) is 22.8. The van der Waals surface area contributed by atoms with E-state index in [1.54, 1.807) is 25.1 Å². The molecule has 0 unspecified atom stereocenters. The van der Waals surface area contributed by atoms with Crippen molar-refractivity contribution in [3.05, 3.63) is 76.8 Å². The van der Waals surface area contributed by atoms with Crippen molar-refractivity contribution in [2.75, 3.05) is 10.6 Å². The summed E-state index contributed by atoms with van der Waals surface area (Å²) in [6.45, 7) is 1.75. The highest BCUT2D eigenvalue weighted by molar-refractivity contribution is 7.21. The number of amides is 3. The zero-order valence-electron chi connectivity index (χ0n) is 16.6. The smallest absolute Gasteiger partial charge is 0.323 e. The van der Waals surface area contributed by atoms with Crippen molar-refractivity contribution in [3.8, 4) is 11.5 Å². The Kier molecular flexibility index (Phi) is 5.69. The number of anilines is 2.